The highest BCUT2D eigenvalue weighted by molar-refractivity contribution is 5.33. The minimum atomic E-state index is 0.186. The number of nitrogens with zero attached hydrogens (tertiary/aromatic N) is 1. The van der Waals surface area contributed by atoms with Crippen LogP contribution in [0.5, 0.6) is 0 Å². The van der Waals surface area contributed by atoms with Crippen molar-refractivity contribution in [2.45, 2.75) is 34.2 Å². The number of nitrogens with two attached hydrogens (primary N) is 1. The van der Waals surface area contributed by atoms with Gasteiger partial charge in [-0.1, -0.05) is 32.0 Å². The molecule has 17 heavy (non-hydrogen) atoms. The molecule has 0 spiro atoms. The fourth-order valence-electron chi connectivity index (χ4n) is 2.22. The van der Waals surface area contributed by atoms with E-state index < -0.39 is 0 Å². The van der Waals surface area contributed by atoms with Crippen LogP contribution in [0.15, 0.2) is 18.2 Å². The summed E-state index contributed by atoms with van der Waals surface area (Å²) in [5.41, 5.74) is 10.2. The lowest BCUT2D eigenvalue weighted by Crippen LogP contribution is -2.36. The molecule has 0 amide bonds. The lowest BCUT2D eigenvalue weighted by atomic mass is 9.93. The van der Waals surface area contributed by atoms with Crippen molar-refractivity contribution < 1.29 is 0 Å². The molecule has 0 unspecified atom stereocenters. The molecule has 0 radical (unpaired) electrons. The second-order valence-electron chi connectivity index (χ2n) is 5.91. The second-order valence-corrected chi connectivity index (χ2v) is 5.91. The van der Waals surface area contributed by atoms with Crippen LogP contribution in [-0.2, 0) is 6.54 Å². The highest BCUT2D eigenvalue weighted by Crippen LogP contribution is 2.19. The molecule has 0 fully saturated rings. The van der Waals surface area contributed by atoms with E-state index in [1.165, 1.54) is 16.7 Å². The van der Waals surface area contributed by atoms with Gasteiger partial charge in [0.1, 0.15) is 0 Å². The molecule has 2 N–H and O–H groups in total. The summed E-state index contributed by atoms with van der Waals surface area (Å²) in [5.74, 6) is 0. The third kappa shape index (κ3) is 4.14. The number of hydrogen-bond donors (Lipinski definition) is 1. The smallest absolute Gasteiger partial charge is 0.0236 e. The van der Waals surface area contributed by atoms with Crippen molar-refractivity contribution in [1.82, 2.24) is 4.90 Å². The second kappa shape index (κ2) is 5.65. The van der Waals surface area contributed by atoms with Gasteiger partial charge in [-0.15, -0.1) is 0 Å². The Hall–Kier alpha value is -0.860. The Balaban J connectivity index is 2.72. The molecule has 0 aliphatic heterocycles. The molecular formula is C15H26N2. The summed E-state index contributed by atoms with van der Waals surface area (Å²) < 4.78 is 0. The highest BCUT2D eigenvalue weighted by atomic mass is 15.1. The van der Waals surface area contributed by atoms with E-state index in [0.717, 1.165) is 19.6 Å². The Labute approximate surface area is 106 Å². The highest BCUT2D eigenvalue weighted by Gasteiger charge is 2.18. The predicted octanol–water partition coefficient (Wildman–Crippen LogP) is 2.72. The van der Waals surface area contributed by atoms with E-state index in [1.54, 1.807) is 0 Å². The lowest BCUT2D eigenvalue weighted by Gasteiger charge is -2.29. The first kappa shape index (κ1) is 14.2. The van der Waals surface area contributed by atoms with Crippen LogP contribution in [-0.4, -0.2) is 25.0 Å². The minimum Gasteiger partial charge on any atom is -0.330 e. The van der Waals surface area contributed by atoms with Crippen LogP contribution >= 0.6 is 0 Å². The molecule has 0 aliphatic carbocycles. The molecule has 0 aromatic heterocycles. The first-order chi connectivity index (χ1) is 7.85. The van der Waals surface area contributed by atoms with Crippen molar-refractivity contribution in [3.05, 3.63) is 34.9 Å². The number of aryl methyl sites for hydroxylation is 2. The maximum atomic E-state index is 5.78. The third-order valence-electron chi connectivity index (χ3n) is 3.32. The van der Waals surface area contributed by atoms with Gasteiger partial charge in [0, 0.05) is 13.1 Å². The molecular weight excluding hydrogens is 208 g/mol. The zero-order valence-corrected chi connectivity index (χ0v) is 11.9. The largest absolute Gasteiger partial charge is 0.330 e. The van der Waals surface area contributed by atoms with Gasteiger partial charge in [0.25, 0.3) is 0 Å². The Bertz CT molecular complexity index is 349. The molecule has 0 saturated carbocycles. The van der Waals surface area contributed by atoms with Crippen LogP contribution in [0.1, 0.15) is 30.5 Å². The molecule has 0 saturated heterocycles. The normalized spacial score (nSPS) is 12.2. The van der Waals surface area contributed by atoms with Crippen LogP contribution in [0.25, 0.3) is 0 Å². The topological polar surface area (TPSA) is 29.3 Å². The summed E-state index contributed by atoms with van der Waals surface area (Å²) in [6.07, 6.45) is 0. The zero-order chi connectivity index (χ0) is 13.1. The minimum absolute atomic E-state index is 0.186. The van der Waals surface area contributed by atoms with Gasteiger partial charge in [0.15, 0.2) is 0 Å². The van der Waals surface area contributed by atoms with Gasteiger partial charge in [-0.3, -0.25) is 0 Å². The molecule has 1 aromatic carbocycles. The summed E-state index contributed by atoms with van der Waals surface area (Å²) in [6, 6.07) is 6.49. The summed E-state index contributed by atoms with van der Waals surface area (Å²) in [4.78, 5) is 2.36. The van der Waals surface area contributed by atoms with E-state index >= 15 is 0 Å². The molecule has 0 heterocycles. The monoisotopic (exact) mass is 234 g/mol. The Morgan fingerprint density at radius 1 is 1.18 bits per heavy atom. The maximum absolute atomic E-state index is 5.78. The number of benzene rings is 1. The summed E-state index contributed by atoms with van der Waals surface area (Å²) >= 11 is 0. The molecule has 2 heteroatoms. The molecule has 0 aliphatic rings. The average Bonchev–Trinajstić information content (AvgIpc) is 2.23. The molecule has 96 valence electrons. The summed E-state index contributed by atoms with van der Waals surface area (Å²) in [7, 11) is 2.17. The number of hydrogen-bond acceptors (Lipinski definition) is 2. The van der Waals surface area contributed by atoms with Crippen LogP contribution in [0.4, 0.5) is 0 Å². The van der Waals surface area contributed by atoms with E-state index in [-0.39, 0.29) is 5.41 Å². The van der Waals surface area contributed by atoms with E-state index in [4.69, 9.17) is 5.73 Å². The predicted molar refractivity (Wildman–Crippen MR) is 75.1 cm³/mol. The first-order valence-corrected chi connectivity index (χ1v) is 6.29. The SMILES string of the molecule is Cc1cccc(C)c1CN(C)CC(C)(C)CN. The van der Waals surface area contributed by atoms with Crippen molar-refractivity contribution in [3.63, 3.8) is 0 Å². The van der Waals surface area contributed by atoms with Gasteiger partial charge in [-0.25, -0.2) is 0 Å². The van der Waals surface area contributed by atoms with Crippen LogP contribution < -0.4 is 5.73 Å². The molecule has 0 atom stereocenters. The van der Waals surface area contributed by atoms with Crippen molar-refractivity contribution in [2.75, 3.05) is 20.1 Å². The van der Waals surface area contributed by atoms with E-state index in [2.05, 4.69) is 57.8 Å². The van der Waals surface area contributed by atoms with E-state index in [9.17, 15) is 0 Å². The molecule has 2 nitrogen and oxygen atoms in total. The Morgan fingerprint density at radius 2 is 1.71 bits per heavy atom. The fraction of sp³-hybridized carbons (Fsp3) is 0.600. The zero-order valence-electron chi connectivity index (χ0n) is 11.9. The fourth-order valence-corrected chi connectivity index (χ4v) is 2.22. The van der Waals surface area contributed by atoms with Gasteiger partial charge >= 0.3 is 0 Å². The average molecular weight is 234 g/mol. The third-order valence-corrected chi connectivity index (χ3v) is 3.32. The van der Waals surface area contributed by atoms with E-state index in [0.29, 0.717) is 0 Å². The van der Waals surface area contributed by atoms with Gasteiger partial charge in [0.05, 0.1) is 0 Å². The van der Waals surface area contributed by atoms with Gasteiger partial charge < -0.3 is 10.6 Å². The lowest BCUT2D eigenvalue weighted by molar-refractivity contribution is 0.209. The number of rotatable bonds is 5. The van der Waals surface area contributed by atoms with Gasteiger partial charge in [-0.2, -0.15) is 0 Å². The van der Waals surface area contributed by atoms with Crippen LogP contribution in [0, 0.1) is 19.3 Å². The van der Waals surface area contributed by atoms with Crippen LogP contribution in [0.2, 0.25) is 0 Å². The first-order valence-electron chi connectivity index (χ1n) is 6.29. The van der Waals surface area contributed by atoms with Crippen molar-refractivity contribution in [2.24, 2.45) is 11.1 Å². The van der Waals surface area contributed by atoms with Crippen LogP contribution in [0.3, 0.4) is 0 Å². The summed E-state index contributed by atoms with van der Waals surface area (Å²) in [6.45, 7) is 11.6. The molecule has 0 bridgehead atoms. The van der Waals surface area contributed by atoms with Crippen molar-refractivity contribution >= 4 is 0 Å². The van der Waals surface area contributed by atoms with Gasteiger partial charge in [-0.05, 0) is 49.5 Å². The molecule has 1 aromatic rings. The standard InChI is InChI=1S/C15H26N2/c1-12-7-6-8-13(2)14(12)9-17(5)11-15(3,4)10-16/h6-8H,9-11,16H2,1-5H3. The molecule has 1 rings (SSSR count). The maximum Gasteiger partial charge on any atom is 0.0236 e. The van der Waals surface area contributed by atoms with Crippen molar-refractivity contribution in [1.29, 1.82) is 0 Å². The summed E-state index contributed by atoms with van der Waals surface area (Å²) in [5, 5.41) is 0. The van der Waals surface area contributed by atoms with E-state index in [1.807, 2.05) is 0 Å². The Kier molecular flexibility index (Phi) is 4.72. The van der Waals surface area contributed by atoms with Gasteiger partial charge in [0.2, 0.25) is 0 Å². The Morgan fingerprint density at radius 3 is 2.18 bits per heavy atom. The quantitative estimate of drug-likeness (QED) is 0.849. The van der Waals surface area contributed by atoms with Crippen molar-refractivity contribution in [3.8, 4) is 0 Å².